The smallest absolute Gasteiger partial charge is 0.193 e. The van der Waals surface area contributed by atoms with Crippen LogP contribution in [0, 0.1) is 5.92 Å². The number of nitrogens with zero attached hydrogens (tertiary/aromatic N) is 3. The van der Waals surface area contributed by atoms with Crippen LogP contribution in [0.3, 0.4) is 0 Å². The lowest BCUT2D eigenvalue weighted by atomic mass is 9.94. The Kier molecular flexibility index (Phi) is 8.47. The molecule has 4 nitrogen and oxygen atoms in total. The fourth-order valence-corrected chi connectivity index (χ4v) is 5.37. The number of likely N-dealkylation sites (tertiary alicyclic amines) is 1. The minimum atomic E-state index is 0. The van der Waals surface area contributed by atoms with Crippen molar-refractivity contribution in [3.63, 3.8) is 0 Å². The molecular formula is C18H35IN4S. The fourth-order valence-electron chi connectivity index (χ4n) is 4.47. The van der Waals surface area contributed by atoms with E-state index in [1.807, 2.05) is 7.05 Å². The Hall–Kier alpha value is 0.310. The number of piperidine rings is 1. The van der Waals surface area contributed by atoms with Crippen LogP contribution in [-0.4, -0.2) is 72.6 Å². The Balaban J connectivity index is 0.00000208. The number of thioether (sulfide) groups is 1. The van der Waals surface area contributed by atoms with Crippen LogP contribution >= 0.6 is 35.7 Å². The zero-order valence-electron chi connectivity index (χ0n) is 15.4. The van der Waals surface area contributed by atoms with Crippen LogP contribution < -0.4 is 5.32 Å². The first kappa shape index (κ1) is 20.6. The van der Waals surface area contributed by atoms with Crippen LogP contribution in [0.25, 0.3) is 0 Å². The van der Waals surface area contributed by atoms with E-state index in [4.69, 9.17) is 0 Å². The van der Waals surface area contributed by atoms with E-state index in [9.17, 15) is 0 Å². The highest BCUT2D eigenvalue weighted by Gasteiger charge is 2.40. The van der Waals surface area contributed by atoms with E-state index in [1.54, 1.807) is 0 Å². The van der Waals surface area contributed by atoms with Gasteiger partial charge in [0.15, 0.2) is 5.96 Å². The summed E-state index contributed by atoms with van der Waals surface area (Å²) in [6.45, 7) is 8.31. The summed E-state index contributed by atoms with van der Waals surface area (Å²) in [6, 6.07) is 0. The summed E-state index contributed by atoms with van der Waals surface area (Å²) in [7, 11) is 1.94. The van der Waals surface area contributed by atoms with Gasteiger partial charge in [0, 0.05) is 56.8 Å². The minimum Gasteiger partial charge on any atom is -0.354 e. The predicted molar refractivity (Wildman–Crippen MR) is 117 cm³/mol. The van der Waals surface area contributed by atoms with Crippen LogP contribution in [0.4, 0.5) is 0 Å². The van der Waals surface area contributed by atoms with E-state index in [1.165, 1.54) is 63.1 Å². The maximum absolute atomic E-state index is 4.58. The lowest BCUT2D eigenvalue weighted by molar-refractivity contribution is 0.106. The third kappa shape index (κ3) is 4.93. The van der Waals surface area contributed by atoms with Crippen molar-refractivity contribution >= 4 is 41.7 Å². The standard InChI is InChI=1S/C18H34N4S.HI/c1-16-5-9-21(10-6-16)17(19-2)20-15-18(7-3-4-8-18)22-11-13-23-14-12-22;/h16H,3-15H2,1-2H3,(H,19,20);1H. The molecule has 1 aliphatic carbocycles. The van der Waals surface area contributed by atoms with Crippen LogP contribution in [-0.2, 0) is 0 Å². The zero-order valence-corrected chi connectivity index (χ0v) is 18.6. The van der Waals surface area contributed by atoms with Crippen molar-refractivity contribution in [1.29, 1.82) is 0 Å². The van der Waals surface area contributed by atoms with E-state index in [0.717, 1.165) is 31.5 Å². The number of guanidine groups is 1. The molecule has 0 radical (unpaired) electrons. The van der Waals surface area contributed by atoms with Gasteiger partial charge in [-0.2, -0.15) is 11.8 Å². The van der Waals surface area contributed by atoms with Gasteiger partial charge in [-0.25, -0.2) is 0 Å². The minimum absolute atomic E-state index is 0. The Morgan fingerprint density at radius 3 is 2.33 bits per heavy atom. The van der Waals surface area contributed by atoms with Crippen molar-refractivity contribution in [2.45, 2.75) is 51.0 Å². The van der Waals surface area contributed by atoms with Crippen molar-refractivity contribution in [1.82, 2.24) is 15.1 Å². The average molecular weight is 466 g/mol. The fraction of sp³-hybridized carbons (Fsp3) is 0.944. The van der Waals surface area contributed by atoms with Crippen LogP contribution in [0.2, 0.25) is 0 Å². The number of rotatable bonds is 3. The molecule has 2 aliphatic heterocycles. The molecule has 0 atom stereocenters. The van der Waals surface area contributed by atoms with E-state index in [2.05, 4.69) is 38.8 Å². The van der Waals surface area contributed by atoms with E-state index < -0.39 is 0 Å². The second kappa shape index (κ2) is 9.86. The molecule has 24 heavy (non-hydrogen) atoms. The van der Waals surface area contributed by atoms with Crippen molar-refractivity contribution in [3.05, 3.63) is 0 Å². The van der Waals surface area contributed by atoms with Crippen LogP contribution in [0.1, 0.15) is 45.4 Å². The number of halogens is 1. The van der Waals surface area contributed by atoms with Gasteiger partial charge >= 0.3 is 0 Å². The molecule has 0 bridgehead atoms. The summed E-state index contributed by atoms with van der Waals surface area (Å²) in [5, 5.41) is 3.76. The van der Waals surface area contributed by atoms with Gasteiger partial charge in [-0.15, -0.1) is 24.0 Å². The first-order valence-electron chi connectivity index (χ1n) is 9.52. The molecular weight excluding hydrogens is 431 g/mol. The molecule has 2 heterocycles. The summed E-state index contributed by atoms with van der Waals surface area (Å²) in [5.74, 6) is 4.62. The largest absolute Gasteiger partial charge is 0.354 e. The molecule has 0 aromatic rings. The van der Waals surface area contributed by atoms with Crippen molar-refractivity contribution in [3.8, 4) is 0 Å². The molecule has 3 aliphatic rings. The van der Waals surface area contributed by atoms with Gasteiger partial charge in [-0.1, -0.05) is 19.8 Å². The molecule has 0 aromatic heterocycles. The molecule has 0 aromatic carbocycles. The molecule has 0 spiro atoms. The second-order valence-electron chi connectivity index (χ2n) is 7.60. The predicted octanol–water partition coefficient (Wildman–Crippen LogP) is 3.27. The molecule has 1 saturated carbocycles. The number of hydrogen-bond donors (Lipinski definition) is 1. The highest BCUT2D eigenvalue weighted by atomic mass is 127. The third-order valence-electron chi connectivity index (χ3n) is 6.09. The van der Waals surface area contributed by atoms with E-state index in [0.29, 0.717) is 5.54 Å². The van der Waals surface area contributed by atoms with Gasteiger partial charge < -0.3 is 10.2 Å². The maximum Gasteiger partial charge on any atom is 0.193 e. The Bertz CT molecular complexity index is 398. The van der Waals surface area contributed by atoms with Crippen molar-refractivity contribution in [2.24, 2.45) is 10.9 Å². The van der Waals surface area contributed by atoms with Crippen LogP contribution in [0.5, 0.6) is 0 Å². The lowest BCUT2D eigenvalue weighted by Gasteiger charge is -2.44. The second-order valence-corrected chi connectivity index (χ2v) is 8.83. The first-order valence-corrected chi connectivity index (χ1v) is 10.7. The van der Waals surface area contributed by atoms with Gasteiger partial charge in [0.05, 0.1) is 0 Å². The summed E-state index contributed by atoms with van der Waals surface area (Å²) < 4.78 is 0. The molecule has 0 unspecified atom stereocenters. The lowest BCUT2D eigenvalue weighted by Crippen LogP contribution is -2.58. The highest BCUT2D eigenvalue weighted by molar-refractivity contribution is 14.0. The van der Waals surface area contributed by atoms with Gasteiger partial charge in [0.1, 0.15) is 0 Å². The van der Waals surface area contributed by atoms with E-state index in [-0.39, 0.29) is 24.0 Å². The van der Waals surface area contributed by atoms with Gasteiger partial charge in [-0.3, -0.25) is 9.89 Å². The zero-order chi connectivity index (χ0) is 16.1. The van der Waals surface area contributed by atoms with Gasteiger partial charge in [0.2, 0.25) is 0 Å². The molecule has 6 heteroatoms. The van der Waals surface area contributed by atoms with Crippen molar-refractivity contribution in [2.75, 3.05) is 51.3 Å². The normalized spacial score (nSPS) is 26.2. The average Bonchev–Trinajstić information content (AvgIpc) is 3.08. The number of aliphatic imine (C=N–C) groups is 1. The number of hydrogen-bond acceptors (Lipinski definition) is 3. The Morgan fingerprint density at radius 1 is 1.12 bits per heavy atom. The quantitative estimate of drug-likeness (QED) is 0.393. The monoisotopic (exact) mass is 466 g/mol. The molecule has 3 fully saturated rings. The maximum atomic E-state index is 4.58. The third-order valence-corrected chi connectivity index (χ3v) is 7.03. The van der Waals surface area contributed by atoms with Gasteiger partial charge in [0.25, 0.3) is 0 Å². The molecule has 0 amide bonds. The van der Waals surface area contributed by atoms with Crippen molar-refractivity contribution < 1.29 is 0 Å². The van der Waals surface area contributed by atoms with Gasteiger partial charge in [-0.05, 0) is 31.6 Å². The summed E-state index contributed by atoms with van der Waals surface area (Å²) in [5.41, 5.74) is 0.389. The van der Waals surface area contributed by atoms with E-state index >= 15 is 0 Å². The molecule has 140 valence electrons. The highest BCUT2D eigenvalue weighted by Crippen LogP contribution is 2.36. The Labute approximate surface area is 169 Å². The molecule has 3 rings (SSSR count). The molecule has 2 saturated heterocycles. The molecule has 1 N–H and O–H groups in total. The summed E-state index contributed by atoms with van der Waals surface area (Å²) in [6.07, 6.45) is 8.11. The SMILES string of the molecule is CN=C(NCC1(N2CCSCC2)CCCC1)N1CCC(C)CC1.I. The Morgan fingerprint density at radius 2 is 1.75 bits per heavy atom. The first-order chi connectivity index (χ1) is 11.2. The summed E-state index contributed by atoms with van der Waals surface area (Å²) in [4.78, 5) is 9.84. The number of nitrogens with one attached hydrogen (secondary N) is 1. The summed E-state index contributed by atoms with van der Waals surface area (Å²) >= 11 is 2.11. The van der Waals surface area contributed by atoms with Crippen LogP contribution in [0.15, 0.2) is 4.99 Å². The topological polar surface area (TPSA) is 30.9 Å².